The van der Waals surface area contributed by atoms with Crippen LogP contribution in [-0.4, -0.2) is 18.2 Å². The van der Waals surface area contributed by atoms with E-state index in [1.807, 2.05) is 30.3 Å². The van der Waals surface area contributed by atoms with Crippen LogP contribution in [-0.2, 0) is 0 Å². The van der Waals surface area contributed by atoms with Crippen molar-refractivity contribution in [2.75, 3.05) is 18.9 Å². The summed E-state index contributed by atoms with van der Waals surface area (Å²) in [6.45, 7) is 0.932. The number of ether oxygens (including phenoxy) is 2. The lowest BCUT2D eigenvalue weighted by Gasteiger charge is -2.07. The summed E-state index contributed by atoms with van der Waals surface area (Å²) in [5.41, 5.74) is 6.29. The molecule has 4 nitrogen and oxygen atoms in total. The minimum Gasteiger partial charge on any atom is -0.490 e. The van der Waals surface area contributed by atoms with E-state index in [2.05, 4.69) is 4.98 Å². The Morgan fingerprint density at radius 3 is 2.41 bits per heavy atom. The molecule has 0 fully saturated rings. The van der Waals surface area contributed by atoms with Gasteiger partial charge in [-0.3, -0.25) is 0 Å². The van der Waals surface area contributed by atoms with E-state index in [-0.39, 0.29) is 0 Å². The van der Waals surface area contributed by atoms with E-state index >= 15 is 0 Å². The predicted octanol–water partition coefficient (Wildman–Crippen LogP) is 2.12. The van der Waals surface area contributed by atoms with Gasteiger partial charge in [0.2, 0.25) is 5.88 Å². The Hall–Kier alpha value is -2.23. The van der Waals surface area contributed by atoms with Crippen LogP contribution >= 0.6 is 0 Å². The number of nitrogen functional groups attached to an aromatic ring is 1. The summed E-state index contributed by atoms with van der Waals surface area (Å²) in [7, 11) is 0. The molecule has 0 saturated carbocycles. The third kappa shape index (κ3) is 3.68. The van der Waals surface area contributed by atoms with Gasteiger partial charge in [0.15, 0.2) is 0 Å². The summed E-state index contributed by atoms with van der Waals surface area (Å²) in [6.07, 6.45) is 1.69. The normalized spacial score (nSPS) is 9.88. The van der Waals surface area contributed by atoms with Crippen molar-refractivity contribution >= 4 is 5.69 Å². The monoisotopic (exact) mass is 230 g/mol. The highest BCUT2D eigenvalue weighted by molar-refractivity contribution is 5.41. The Bertz CT molecular complexity index is 443. The third-order valence-electron chi connectivity index (χ3n) is 2.12. The molecular weight excluding hydrogens is 216 g/mol. The van der Waals surface area contributed by atoms with Crippen LogP contribution in [0.25, 0.3) is 0 Å². The number of rotatable bonds is 5. The second-order valence-electron chi connectivity index (χ2n) is 3.43. The molecule has 2 N–H and O–H groups in total. The number of hydrogen-bond acceptors (Lipinski definition) is 4. The molecule has 0 radical (unpaired) electrons. The summed E-state index contributed by atoms with van der Waals surface area (Å²) in [6, 6.07) is 12.8. The fourth-order valence-electron chi connectivity index (χ4n) is 1.30. The van der Waals surface area contributed by atoms with Gasteiger partial charge in [0.05, 0.1) is 0 Å². The molecule has 1 aromatic carbocycles. The standard InChI is InChI=1S/C13H14N2O2/c14-11-4-6-12(7-5-11)16-9-10-17-13-3-1-2-8-15-13/h1-8H,9-10,14H2. The van der Waals surface area contributed by atoms with Crippen molar-refractivity contribution in [1.82, 2.24) is 4.98 Å². The quantitative estimate of drug-likeness (QED) is 0.631. The highest BCUT2D eigenvalue weighted by Gasteiger charge is 1.95. The molecule has 17 heavy (non-hydrogen) atoms. The van der Waals surface area contributed by atoms with Crippen LogP contribution < -0.4 is 15.2 Å². The molecule has 0 atom stereocenters. The van der Waals surface area contributed by atoms with E-state index in [0.717, 1.165) is 11.4 Å². The zero-order chi connectivity index (χ0) is 11.9. The maximum absolute atomic E-state index is 5.57. The average Bonchev–Trinajstić information content (AvgIpc) is 2.38. The van der Waals surface area contributed by atoms with Gasteiger partial charge in [-0.2, -0.15) is 0 Å². The van der Waals surface area contributed by atoms with Gasteiger partial charge in [0.25, 0.3) is 0 Å². The molecule has 1 heterocycles. The highest BCUT2D eigenvalue weighted by atomic mass is 16.5. The molecule has 2 rings (SSSR count). The topological polar surface area (TPSA) is 57.4 Å². The molecule has 1 aromatic heterocycles. The molecule has 88 valence electrons. The largest absolute Gasteiger partial charge is 0.490 e. The van der Waals surface area contributed by atoms with Crippen molar-refractivity contribution in [1.29, 1.82) is 0 Å². The second kappa shape index (κ2) is 5.75. The molecule has 0 aliphatic heterocycles. The summed E-state index contributed by atoms with van der Waals surface area (Å²) in [5, 5.41) is 0. The Kier molecular flexibility index (Phi) is 3.81. The Morgan fingerprint density at radius 1 is 0.941 bits per heavy atom. The molecular formula is C13H14N2O2. The minimum absolute atomic E-state index is 0.460. The van der Waals surface area contributed by atoms with Crippen LogP contribution in [0.5, 0.6) is 11.6 Å². The van der Waals surface area contributed by atoms with Crippen LogP contribution in [0.15, 0.2) is 48.7 Å². The number of nitrogens with two attached hydrogens (primary N) is 1. The smallest absolute Gasteiger partial charge is 0.213 e. The van der Waals surface area contributed by atoms with Crippen LogP contribution in [0.4, 0.5) is 5.69 Å². The van der Waals surface area contributed by atoms with Gasteiger partial charge in [0, 0.05) is 18.0 Å². The van der Waals surface area contributed by atoms with Crippen molar-refractivity contribution < 1.29 is 9.47 Å². The summed E-state index contributed by atoms with van der Waals surface area (Å²) < 4.78 is 10.9. The molecule has 0 bridgehead atoms. The van der Waals surface area contributed by atoms with E-state index in [0.29, 0.717) is 19.1 Å². The predicted molar refractivity (Wildman–Crippen MR) is 66.1 cm³/mol. The first-order valence-corrected chi connectivity index (χ1v) is 5.37. The number of benzene rings is 1. The van der Waals surface area contributed by atoms with Crippen LogP contribution in [0, 0.1) is 0 Å². The lowest BCUT2D eigenvalue weighted by molar-refractivity contribution is 0.212. The van der Waals surface area contributed by atoms with Crippen molar-refractivity contribution in [2.24, 2.45) is 0 Å². The molecule has 0 aliphatic rings. The van der Waals surface area contributed by atoms with Gasteiger partial charge in [0.1, 0.15) is 19.0 Å². The fourth-order valence-corrected chi connectivity index (χ4v) is 1.30. The third-order valence-corrected chi connectivity index (χ3v) is 2.12. The number of anilines is 1. The van der Waals surface area contributed by atoms with Gasteiger partial charge in [-0.05, 0) is 30.3 Å². The van der Waals surface area contributed by atoms with Gasteiger partial charge in [-0.1, -0.05) is 6.07 Å². The van der Waals surface area contributed by atoms with Crippen molar-refractivity contribution in [3.8, 4) is 11.6 Å². The first kappa shape index (κ1) is 11.3. The van der Waals surface area contributed by atoms with Crippen molar-refractivity contribution in [2.45, 2.75) is 0 Å². The lowest BCUT2D eigenvalue weighted by Crippen LogP contribution is -2.09. The maximum Gasteiger partial charge on any atom is 0.213 e. The SMILES string of the molecule is Nc1ccc(OCCOc2ccccn2)cc1. The van der Waals surface area contributed by atoms with Gasteiger partial charge >= 0.3 is 0 Å². The van der Waals surface area contributed by atoms with Crippen LogP contribution in [0.2, 0.25) is 0 Å². The molecule has 0 saturated heterocycles. The van der Waals surface area contributed by atoms with E-state index < -0.39 is 0 Å². The first-order valence-electron chi connectivity index (χ1n) is 5.37. The summed E-state index contributed by atoms with van der Waals surface area (Å²) >= 11 is 0. The summed E-state index contributed by atoms with van der Waals surface area (Å²) in [4.78, 5) is 4.04. The Morgan fingerprint density at radius 2 is 1.71 bits per heavy atom. The number of hydrogen-bond donors (Lipinski definition) is 1. The minimum atomic E-state index is 0.460. The lowest BCUT2D eigenvalue weighted by atomic mass is 10.3. The van der Waals surface area contributed by atoms with Crippen LogP contribution in [0.3, 0.4) is 0 Å². The molecule has 4 heteroatoms. The van der Waals surface area contributed by atoms with Gasteiger partial charge in [-0.15, -0.1) is 0 Å². The fraction of sp³-hybridized carbons (Fsp3) is 0.154. The zero-order valence-electron chi connectivity index (χ0n) is 9.37. The number of pyridine rings is 1. The van der Waals surface area contributed by atoms with Crippen molar-refractivity contribution in [3.63, 3.8) is 0 Å². The molecule has 0 unspecified atom stereocenters. The Balaban J connectivity index is 1.71. The summed E-state index contributed by atoms with van der Waals surface area (Å²) in [5.74, 6) is 1.39. The van der Waals surface area contributed by atoms with Gasteiger partial charge in [-0.25, -0.2) is 4.98 Å². The maximum atomic E-state index is 5.57. The molecule has 0 amide bonds. The van der Waals surface area contributed by atoms with Gasteiger partial charge < -0.3 is 15.2 Å². The van der Waals surface area contributed by atoms with E-state index in [9.17, 15) is 0 Å². The molecule has 0 aliphatic carbocycles. The second-order valence-corrected chi connectivity index (χ2v) is 3.43. The Labute approximate surface area is 100 Å². The molecule has 0 spiro atoms. The zero-order valence-corrected chi connectivity index (χ0v) is 9.37. The van der Waals surface area contributed by atoms with E-state index in [1.54, 1.807) is 18.3 Å². The number of nitrogens with zero attached hydrogens (tertiary/aromatic N) is 1. The van der Waals surface area contributed by atoms with Crippen molar-refractivity contribution in [3.05, 3.63) is 48.7 Å². The molecule has 2 aromatic rings. The van der Waals surface area contributed by atoms with E-state index in [1.165, 1.54) is 0 Å². The van der Waals surface area contributed by atoms with Crippen LogP contribution in [0.1, 0.15) is 0 Å². The number of aromatic nitrogens is 1. The average molecular weight is 230 g/mol. The highest BCUT2D eigenvalue weighted by Crippen LogP contribution is 2.12. The first-order chi connectivity index (χ1) is 8.34. The van der Waals surface area contributed by atoms with E-state index in [4.69, 9.17) is 15.2 Å².